The molecule has 0 fully saturated rings. The second-order valence-corrected chi connectivity index (χ2v) is 5.45. The van der Waals surface area contributed by atoms with E-state index in [4.69, 9.17) is 15.2 Å². The lowest BCUT2D eigenvalue weighted by molar-refractivity contribution is 0.0400. The van der Waals surface area contributed by atoms with Gasteiger partial charge in [0.15, 0.2) is 0 Å². The minimum absolute atomic E-state index is 0.301. The number of hydrogen-bond donors (Lipinski definition) is 2. The van der Waals surface area contributed by atoms with E-state index in [2.05, 4.69) is 10.5 Å². The highest BCUT2D eigenvalue weighted by atomic mass is 16.5. The van der Waals surface area contributed by atoms with Gasteiger partial charge in [-0.3, -0.25) is 0 Å². The number of ether oxygens (including phenoxy) is 2. The predicted octanol–water partition coefficient (Wildman–Crippen LogP) is 2.37. The van der Waals surface area contributed by atoms with Gasteiger partial charge in [-0.25, -0.2) is 15.0 Å². The van der Waals surface area contributed by atoms with E-state index in [9.17, 15) is 9.59 Å². The van der Waals surface area contributed by atoms with Crippen LogP contribution in [0.2, 0.25) is 0 Å². The van der Waals surface area contributed by atoms with Gasteiger partial charge in [0.05, 0.1) is 18.4 Å². The third-order valence-electron chi connectivity index (χ3n) is 3.88. The zero-order chi connectivity index (χ0) is 17.8. The zero-order valence-corrected chi connectivity index (χ0v) is 13.6. The Labute approximate surface area is 144 Å². The molecule has 25 heavy (non-hydrogen) atoms. The number of urea groups is 1. The number of primary amides is 1. The molecule has 2 aromatic rings. The Balaban J connectivity index is 1.89. The van der Waals surface area contributed by atoms with Crippen molar-refractivity contribution in [2.45, 2.75) is 12.5 Å². The number of fused-ring (bicyclic) bond motifs is 1. The topological polar surface area (TPSA) is 103 Å². The number of hydrogen-bond acceptors (Lipinski definition) is 5. The standard InChI is InChI=1S/C18H17N3O4/c1-24-12-8-6-11(7-9-12)15(20-21-18(19)23)10-16-13-4-2-3-5-14(13)17(22)25-16/h2-9,16H,10H2,1H3,(H3,19,21,23)/t16-/m0/s1. The highest BCUT2D eigenvalue weighted by Gasteiger charge is 2.31. The number of carbonyl (C=O) groups is 2. The van der Waals surface area contributed by atoms with Crippen molar-refractivity contribution in [1.29, 1.82) is 0 Å². The van der Waals surface area contributed by atoms with E-state index in [0.29, 0.717) is 23.4 Å². The fourth-order valence-corrected chi connectivity index (χ4v) is 2.68. The molecule has 0 aliphatic carbocycles. The lowest BCUT2D eigenvalue weighted by Crippen LogP contribution is -2.26. The normalized spacial score (nSPS) is 16.1. The minimum atomic E-state index is -0.769. The summed E-state index contributed by atoms with van der Waals surface area (Å²) in [5, 5.41) is 4.07. The minimum Gasteiger partial charge on any atom is -0.497 e. The van der Waals surface area contributed by atoms with Crippen LogP contribution in [0.3, 0.4) is 0 Å². The molecular weight excluding hydrogens is 322 g/mol. The molecule has 7 nitrogen and oxygen atoms in total. The van der Waals surface area contributed by atoms with Crippen LogP contribution in [0.15, 0.2) is 53.6 Å². The molecule has 2 amide bonds. The SMILES string of the molecule is COc1ccc(C(C[C@@H]2OC(=O)c3ccccc32)=NNC(N)=O)cc1. The molecule has 3 N–H and O–H groups in total. The first kappa shape index (κ1) is 16.5. The molecule has 0 bridgehead atoms. The summed E-state index contributed by atoms with van der Waals surface area (Å²) in [5.41, 5.74) is 9.99. The van der Waals surface area contributed by atoms with Gasteiger partial charge in [0.25, 0.3) is 0 Å². The van der Waals surface area contributed by atoms with Crippen LogP contribution in [0, 0.1) is 0 Å². The summed E-state index contributed by atoms with van der Waals surface area (Å²) >= 11 is 0. The Hall–Kier alpha value is -3.35. The number of hydrazone groups is 1. The van der Waals surface area contributed by atoms with Crippen molar-refractivity contribution in [3.05, 3.63) is 65.2 Å². The average molecular weight is 339 g/mol. The molecule has 0 saturated carbocycles. The molecular formula is C18H17N3O4. The number of nitrogens with zero attached hydrogens (tertiary/aromatic N) is 1. The van der Waals surface area contributed by atoms with Gasteiger partial charge in [-0.1, -0.05) is 18.2 Å². The van der Waals surface area contributed by atoms with Crippen LogP contribution < -0.4 is 15.9 Å². The Morgan fingerprint density at radius 2 is 1.96 bits per heavy atom. The van der Waals surface area contributed by atoms with E-state index in [1.807, 2.05) is 24.3 Å². The monoisotopic (exact) mass is 339 g/mol. The molecule has 3 rings (SSSR count). The quantitative estimate of drug-likeness (QED) is 0.496. The number of cyclic esters (lactones) is 1. The average Bonchev–Trinajstić information content (AvgIpc) is 2.95. The Kier molecular flexibility index (Phi) is 4.65. The molecule has 1 heterocycles. The molecule has 1 aliphatic rings. The number of methoxy groups -OCH3 is 1. The van der Waals surface area contributed by atoms with E-state index in [-0.39, 0.29) is 5.97 Å². The van der Waals surface area contributed by atoms with Gasteiger partial charge in [-0.15, -0.1) is 0 Å². The number of amides is 2. The summed E-state index contributed by atoms with van der Waals surface area (Å²) in [6.45, 7) is 0. The molecule has 0 unspecified atom stereocenters. The van der Waals surface area contributed by atoms with Gasteiger partial charge in [0, 0.05) is 12.0 Å². The Bertz CT molecular complexity index is 830. The van der Waals surface area contributed by atoms with Crippen LogP contribution in [0.25, 0.3) is 0 Å². The second-order valence-electron chi connectivity index (χ2n) is 5.45. The van der Waals surface area contributed by atoms with Crippen molar-refractivity contribution >= 4 is 17.7 Å². The fraction of sp³-hybridized carbons (Fsp3) is 0.167. The first-order valence-corrected chi connectivity index (χ1v) is 7.65. The first-order valence-electron chi connectivity index (χ1n) is 7.65. The van der Waals surface area contributed by atoms with E-state index >= 15 is 0 Å². The lowest BCUT2D eigenvalue weighted by Gasteiger charge is -2.13. The number of nitrogens with one attached hydrogen (secondary N) is 1. The number of esters is 1. The molecule has 128 valence electrons. The van der Waals surface area contributed by atoms with Crippen molar-refractivity contribution in [3.63, 3.8) is 0 Å². The number of nitrogens with two attached hydrogens (primary N) is 1. The smallest absolute Gasteiger partial charge is 0.339 e. The molecule has 7 heteroatoms. The van der Waals surface area contributed by atoms with Crippen LogP contribution in [0.5, 0.6) is 5.75 Å². The third kappa shape index (κ3) is 3.60. The summed E-state index contributed by atoms with van der Waals surface area (Å²) in [5.74, 6) is 0.334. The zero-order valence-electron chi connectivity index (χ0n) is 13.6. The highest BCUT2D eigenvalue weighted by Crippen LogP contribution is 2.34. The molecule has 0 radical (unpaired) electrons. The maximum atomic E-state index is 12.0. The van der Waals surface area contributed by atoms with Gasteiger partial charge >= 0.3 is 12.0 Å². The van der Waals surface area contributed by atoms with Crippen molar-refractivity contribution in [2.75, 3.05) is 7.11 Å². The molecule has 1 atom stereocenters. The molecule has 2 aromatic carbocycles. The summed E-state index contributed by atoms with van der Waals surface area (Å²) in [4.78, 5) is 23.0. The summed E-state index contributed by atoms with van der Waals surface area (Å²) in [6, 6.07) is 13.6. The van der Waals surface area contributed by atoms with E-state index in [1.54, 1.807) is 31.4 Å². The number of benzene rings is 2. The largest absolute Gasteiger partial charge is 0.497 e. The van der Waals surface area contributed by atoms with Crippen molar-refractivity contribution in [1.82, 2.24) is 5.43 Å². The van der Waals surface area contributed by atoms with Crippen LogP contribution >= 0.6 is 0 Å². The van der Waals surface area contributed by atoms with Gasteiger partial charge in [-0.05, 0) is 35.9 Å². The van der Waals surface area contributed by atoms with Crippen LogP contribution in [0.1, 0.15) is 34.0 Å². The maximum absolute atomic E-state index is 12.0. The Morgan fingerprint density at radius 3 is 2.64 bits per heavy atom. The number of carbonyl (C=O) groups excluding carboxylic acids is 2. The van der Waals surface area contributed by atoms with E-state index < -0.39 is 12.1 Å². The molecule has 0 spiro atoms. The van der Waals surface area contributed by atoms with E-state index in [0.717, 1.165) is 11.1 Å². The van der Waals surface area contributed by atoms with Crippen LogP contribution in [-0.2, 0) is 4.74 Å². The first-order chi connectivity index (χ1) is 12.1. The van der Waals surface area contributed by atoms with Gasteiger partial charge in [0.2, 0.25) is 0 Å². The van der Waals surface area contributed by atoms with Crippen LogP contribution in [0.4, 0.5) is 4.79 Å². The van der Waals surface area contributed by atoms with Crippen molar-refractivity contribution in [3.8, 4) is 5.75 Å². The predicted molar refractivity (Wildman–Crippen MR) is 91.5 cm³/mol. The highest BCUT2D eigenvalue weighted by molar-refractivity contribution is 6.02. The second kappa shape index (κ2) is 7.04. The Morgan fingerprint density at radius 1 is 1.24 bits per heavy atom. The lowest BCUT2D eigenvalue weighted by atomic mass is 9.98. The summed E-state index contributed by atoms with van der Waals surface area (Å²) < 4.78 is 10.6. The maximum Gasteiger partial charge on any atom is 0.339 e. The van der Waals surface area contributed by atoms with Gasteiger partial charge < -0.3 is 15.2 Å². The molecule has 0 aromatic heterocycles. The van der Waals surface area contributed by atoms with Crippen molar-refractivity contribution in [2.24, 2.45) is 10.8 Å². The fourth-order valence-electron chi connectivity index (χ4n) is 2.68. The summed E-state index contributed by atoms with van der Waals surface area (Å²) in [7, 11) is 1.58. The molecule has 1 aliphatic heterocycles. The third-order valence-corrected chi connectivity index (χ3v) is 3.88. The van der Waals surface area contributed by atoms with E-state index in [1.165, 1.54) is 0 Å². The van der Waals surface area contributed by atoms with Crippen LogP contribution in [-0.4, -0.2) is 24.8 Å². The van der Waals surface area contributed by atoms with Crippen molar-refractivity contribution < 1.29 is 19.1 Å². The molecule has 0 saturated heterocycles. The number of rotatable bonds is 5. The van der Waals surface area contributed by atoms with Gasteiger partial charge in [0.1, 0.15) is 11.9 Å². The summed E-state index contributed by atoms with van der Waals surface area (Å²) in [6.07, 6.45) is -0.172. The van der Waals surface area contributed by atoms with Gasteiger partial charge in [-0.2, -0.15) is 5.10 Å².